The van der Waals surface area contributed by atoms with E-state index in [1.807, 2.05) is 0 Å². The van der Waals surface area contributed by atoms with Crippen LogP contribution in [0.5, 0.6) is 0 Å². The second-order valence-electron chi connectivity index (χ2n) is 8.47. The Hall–Kier alpha value is -1.07. The van der Waals surface area contributed by atoms with Crippen LogP contribution in [0.1, 0.15) is 33.2 Å². The lowest BCUT2D eigenvalue weighted by molar-refractivity contribution is -0.384. The van der Waals surface area contributed by atoms with Crippen molar-refractivity contribution >= 4 is 132 Å². The van der Waals surface area contributed by atoms with E-state index in [0.29, 0.717) is 35.2 Å². The molecule has 1 unspecified atom stereocenters. The summed E-state index contributed by atoms with van der Waals surface area (Å²) >= 11 is 9.79. The Morgan fingerprint density at radius 2 is 1.55 bits per heavy atom. The van der Waals surface area contributed by atoms with Gasteiger partial charge in [-0.3, -0.25) is 34.3 Å². The Morgan fingerprint density at radius 3 is 2.08 bits per heavy atom. The van der Waals surface area contributed by atoms with Crippen LogP contribution in [0.4, 0.5) is 5.69 Å². The first-order chi connectivity index (χ1) is 18.0. The number of hydrogen-bond acceptors (Lipinski definition) is 8. The second kappa shape index (κ2) is 10.7. The van der Waals surface area contributed by atoms with Gasteiger partial charge in [0.15, 0.2) is 0 Å². The first kappa shape index (κ1) is 28.5. The van der Waals surface area contributed by atoms with Gasteiger partial charge in [0.25, 0.3) is 23.4 Å². The lowest BCUT2D eigenvalue weighted by Gasteiger charge is -2.51. The quantitative estimate of drug-likeness (QED) is 0.0606. The molecule has 3 aliphatic heterocycles. The van der Waals surface area contributed by atoms with Crippen molar-refractivity contribution in [3.63, 3.8) is 0 Å². The minimum atomic E-state index is -1.03. The Bertz CT molecular complexity index is 1460. The zero-order chi connectivity index (χ0) is 27.6. The number of carbonyl (C=O) groups is 4. The molecule has 0 saturated carbocycles. The number of nitrogens with zero attached hydrogens (tertiary/aromatic N) is 3. The first-order valence-electron chi connectivity index (χ1n) is 10.7. The van der Waals surface area contributed by atoms with E-state index in [2.05, 4.69) is 90.4 Å². The summed E-state index contributed by atoms with van der Waals surface area (Å²) in [6, 6.07) is 4.59. The summed E-state index contributed by atoms with van der Waals surface area (Å²) in [5.41, 5.74) is 1.84. The van der Waals surface area contributed by atoms with Gasteiger partial charge in [0.05, 0.1) is 16.1 Å². The number of benzene rings is 2. The zero-order valence-electron chi connectivity index (χ0n) is 19.0. The molecular weight excluding hydrogens is 970 g/mol. The maximum Gasteiger partial charge on any atom is 0.355 e. The number of fused-ring (bicyclic) bond motifs is 2. The fourth-order valence-corrected chi connectivity index (χ4v) is 9.38. The molecule has 1 saturated heterocycles. The van der Waals surface area contributed by atoms with Crippen LogP contribution in [0.25, 0.3) is 0 Å². The number of thioether (sulfide) groups is 1. The van der Waals surface area contributed by atoms with E-state index in [0.717, 1.165) is 12.0 Å². The number of hydrogen-bond donors (Lipinski definition) is 0. The molecule has 0 N–H and O–H groups in total. The number of rotatable bonds is 5. The van der Waals surface area contributed by atoms with Gasteiger partial charge in [-0.2, -0.15) is 0 Å². The molecule has 38 heavy (non-hydrogen) atoms. The number of esters is 1. The number of halogens is 4. The molecule has 5 rings (SSSR count). The van der Waals surface area contributed by atoms with Crippen LogP contribution in [-0.4, -0.2) is 55.6 Å². The van der Waals surface area contributed by atoms with Crippen LogP contribution in [0, 0.1) is 24.4 Å². The Balaban J connectivity index is 1.37. The molecule has 0 spiro atoms. The maximum absolute atomic E-state index is 13.5. The summed E-state index contributed by atoms with van der Waals surface area (Å²) in [5.74, 6) is -1.83. The van der Waals surface area contributed by atoms with Gasteiger partial charge in [-0.1, -0.05) is 0 Å². The molecule has 0 radical (unpaired) electrons. The largest absolute Gasteiger partial charge is 0.456 e. The number of nitro benzene ring substituents is 1. The van der Waals surface area contributed by atoms with Crippen molar-refractivity contribution in [2.75, 3.05) is 5.75 Å². The van der Waals surface area contributed by atoms with Crippen molar-refractivity contribution in [3.8, 4) is 0 Å². The van der Waals surface area contributed by atoms with E-state index in [1.165, 1.54) is 40.9 Å². The van der Waals surface area contributed by atoms with E-state index >= 15 is 0 Å². The highest BCUT2D eigenvalue weighted by Gasteiger charge is 2.60. The monoisotopic (exact) mass is 983 g/mol. The van der Waals surface area contributed by atoms with Crippen molar-refractivity contribution in [2.45, 2.75) is 24.9 Å². The molecule has 2 atom stereocenters. The zero-order valence-corrected chi connectivity index (χ0v) is 28.4. The highest BCUT2D eigenvalue weighted by atomic mass is 127. The van der Waals surface area contributed by atoms with Crippen LogP contribution < -0.4 is 0 Å². The molecule has 2 aromatic rings. The van der Waals surface area contributed by atoms with Gasteiger partial charge in [0.1, 0.15) is 23.7 Å². The molecule has 196 valence electrons. The number of β-lactam (4-membered cyclic amide) rings is 1. The van der Waals surface area contributed by atoms with Crippen LogP contribution >= 0.6 is 102 Å². The molecule has 3 heterocycles. The van der Waals surface area contributed by atoms with E-state index in [9.17, 15) is 29.3 Å². The molecule has 2 aromatic carbocycles. The Labute approximate surface area is 274 Å². The van der Waals surface area contributed by atoms with E-state index in [4.69, 9.17) is 4.74 Å². The van der Waals surface area contributed by atoms with Gasteiger partial charge in [0.2, 0.25) is 0 Å². The third-order valence-electron chi connectivity index (χ3n) is 6.25. The highest BCUT2D eigenvalue weighted by molar-refractivity contribution is 14.1. The maximum atomic E-state index is 13.5. The number of amides is 3. The molecule has 0 aromatic heterocycles. The number of carbonyl (C=O) groups excluding carboxylic acids is 4. The average molecular weight is 983 g/mol. The van der Waals surface area contributed by atoms with Crippen molar-refractivity contribution in [3.05, 3.63) is 76.6 Å². The average Bonchev–Trinajstić information content (AvgIpc) is 3.15. The van der Waals surface area contributed by atoms with Crippen LogP contribution in [-0.2, 0) is 20.9 Å². The standard InChI is InChI=1S/C23H13I4N3O7S/c1-8-7-38-22-18(28-19(31)11-12(20(28)32)14(25)16(27)15(26)13(11)24)21(33)29(22)17(8)23(34)37-6-9-2-4-10(5-3-9)30(35)36/h2-5,18,22H,6-7H2,1H3/t18?,22-/m0/s1. The Morgan fingerprint density at radius 1 is 1.00 bits per heavy atom. The molecule has 3 aliphatic rings. The minimum Gasteiger partial charge on any atom is -0.456 e. The molecule has 0 bridgehead atoms. The summed E-state index contributed by atoms with van der Waals surface area (Å²) in [6.07, 6.45) is 0. The second-order valence-corrected chi connectivity index (χ2v) is 13.9. The molecule has 1 fully saturated rings. The lowest BCUT2D eigenvalue weighted by Crippen LogP contribution is -2.71. The normalized spacial score (nSPS) is 20.4. The minimum absolute atomic E-state index is 0.0787. The van der Waals surface area contributed by atoms with Crippen LogP contribution in [0.2, 0.25) is 0 Å². The Kier molecular flexibility index (Phi) is 8.03. The number of nitro groups is 1. The van der Waals surface area contributed by atoms with Crippen molar-refractivity contribution in [1.29, 1.82) is 0 Å². The predicted molar refractivity (Wildman–Crippen MR) is 170 cm³/mol. The summed E-state index contributed by atoms with van der Waals surface area (Å²) in [6.45, 7) is 1.59. The summed E-state index contributed by atoms with van der Waals surface area (Å²) < 4.78 is 8.53. The first-order valence-corrected chi connectivity index (χ1v) is 16.1. The highest BCUT2D eigenvalue weighted by Crippen LogP contribution is 2.46. The van der Waals surface area contributed by atoms with E-state index < -0.39 is 40.0 Å². The number of non-ortho nitro benzene ring substituents is 1. The predicted octanol–water partition coefficient (Wildman–Crippen LogP) is 4.91. The molecule has 3 amide bonds. The molecule has 15 heteroatoms. The van der Waals surface area contributed by atoms with Crippen LogP contribution in [0.3, 0.4) is 0 Å². The van der Waals surface area contributed by atoms with Crippen LogP contribution in [0.15, 0.2) is 35.5 Å². The van der Waals surface area contributed by atoms with E-state index in [-0.39, 0.29) is 18.0 Å². The van der Waals surface area contributed by atoms with Crippen molar-refractivity contribution < 1.29 is 28.8 Å². The fourth-order valence-electron chi connectivity index (χ4n) is 4.40. The molecule has 10 nitrogen and oxygen atoms in total. The van der Waals surface area contributed by atoms with Gasteiger partial charge in [0, 0.05) is 32.2 Å². The fraction of sp³-hybridized carbons (Fsp3) is 0.217. The third-order valence-corrected chi connectivity index (χ3v) is 15.1. The van der Waals surface area contributed by atoms with E-state index in [1.54, 1.807) is 6.92 Å². The van der Waals surface area contributed by atoms with Gasteiger partial charge >= 0.3 is 5.97 Å². The summed E-state index contributed by atoms with van der Waals surface area (Å²) in [5, 5.41) is 10.2. The molecule has 0 aliphatic carbocycles. The third kappa shape index (κ3) is 4.46. The number of ether oxygens (including phenoxy) is 1. The lowest BCUT2D eigenvalue weighted by atomic mass is 10.0. The summed E-state index contributed by atoms with van der Waals surface area (Å²) in [7, 11) is 0. The topological polar surface area (TPSA) is 127 Å². The smallest absolute Gasteiger partial charge is 0.355 e. The van der Waals surface area contributed by atoms with Crippen molar-refractivity contribution in [2.24, 2.45) is 0 Å². The summed E-state index contributed by atoms with van der Waals surface area (Å²) in [4.78, 5) is 66.1. The van der Waals surface area contributed by atoms with Gasteiger partial charge in [-0.05, 0) is 121 Å². The molecular formula is C23H13I4N3O7S. The SMILES string of the molecule is CC1=C(C(=O)OCc2ccc([N+](=O)[O-])cc2)N2C(=O)C(N3C(=O)c4c(I)c(I)c(I)c(I)c4C3=O)[C@@H]2SC1. The van der Waals surface area contributed by atoms with Crippen molar-refractivity contribution in [1.82, 2.24) is 9.80 Å². The van der Waals surface area contributed by atoms with Gasteiger partial charge < -0.3 is 4.74 Å². The number of imide groups is 1. The van der Waals surface area contributed by atoms with Gasteiger partial charge in [-0.15, -0.1) is 11.8 Å². The van der Waals surface area contributed by atoms with Gasteiger partial charge in [-0.25, -0.2) is 4.79 Å².